The van der Waals surface area contributed by atoms with Crippen molar-refractivity contribution in [3.8, 4) is 23.1 Å². The van der Waals surface area contributed by atoms with Gasteiger partial charge in [0.2, 0.25) is 18.4 Å². The summed E-state index contributed by atoms with van der Waals surface area (Å²) < 4.78 is 18.7. The molecule has 0 bridgehead atoms. The maximum atomic E-state index is 12.4. The van der Waals surface area contributed by atoms with Crippen molar-refractivity contribution in [1.82, 2.24) is 14.5 Å². The van der Waals surface area contributed by atoms with E-state index < -0.39 is 5.56 Å². The fraction of sp³-hybridized carbons (Fsp3) is 0.500. The molecule has 2 N–H and O–H groups in total. The zero-order valence-corrected chi connectivity index (χ0v) is 19.3. The monoisotopic (exact) mass is 460 g/mol. The minimum absolute atomic E-state index is 0.0777. The van der Waals surface area contributed by atoms with Crippen molar-refractivity contribution >= 4 is 18.4 Å². The first-order valence-electron chi connectivity index (χ1n) is 10.7. The minimum atomic E-state index is -0.456. The van der Waals surface area contributed by atoms with Crippen LogP contribution < -0.4 is 19.8 Å². The van der Waals surface area contributed by atoms with Gasteiger partial charge in [-0.2, -0.15) is 0 Å². The van der Waals surface area contributed by atoms with E-state index in [-0.39, 0.29) is 29.0 Å². The van der Waals surface area contributed by atoms with E-state index in [0.717, 1.165) is 36.9 Å². The molecule has 32 heavy (non-hydrogen) atoms. The van der Waals surface area contributed by atoms with Gasteiger partial charge >= 0.3 is 0 Å². The van der Waals surface area contributed by atoms with Crippen LogP contribution >= 0.6 is 12.2 Å². The summed E-state index contributed by atoms with van der Waals surface area (Å²) in [5, 5.41) is 10.6. The molecule has 9 nitrogen and oxygen atoms in total. The molecule has 0 fully saturated rings. The fourth-order valence-corrected chi connectivity index (χ4v) is 4.49. The van der Waals surface area contributed by atoms with Gasteiger partial charge in [-0.05, 0) is 43.7 Å². The number of benzene rings is 1. The standard InChI is InChI=1S/C22H28N4O5S/c1-4-5-7-26-21(28)14(20(27)24-22(26)32)10-23-11-15-17-13(6-8-25(15)2)9-16-18(19(17)29-3)31-12-30-16/h9-10,15,28H,4-8,11-12H2,1-3H3,(H,24,27,32)/t15-/m1/s1. The van der Waals surface area contributed by atoms with Crippen LogP contribution in [0.25, 0.3) is 0 Å². The van der Waals surface area contributed by atoms with E-state index in [2.05, 4.69) is 14.9 Å². The lowest BCUT2D eigenvalue weighted by Crippen LogP contribution is -2.34. The lowest BCUT2D eigenvalue weighted by Gasteiger charge is -2.35. The molecule has 0 unspecified atom stereocenters. The molecule has 1 aromatic heterocycles. The van der Waals surface area contributed by atoms with Crippen molar-refractivity contribution in [2.75, 3.05) is 34.0 Å². The van der Waals surface area contributed by atoms with Gasteiger partial charge in [0.1, 0.15) is 5.56 Å². The summed E-state index contributed by atoms with van der Waals surface area (Å²) in [6.45, 7) is 3.98. The highest BCUT2D eigenvalue weighted by Crippen LogP contribution is 2.49. The fourth-order valence-electron chi connectivity index (χ4n) is 4.21. The number of nitrogens with one attached hydrogen (secondary N) is 1. The Bertz CT molecular complexity index is 1160. The van der Waals surface area contributed by atoms with E-state index >= 15 is 0 Å². The Morgan fingerprint density at radius 3 is 3.00 bits per heavy atom. The van der Waals surface area contributed by atoms with Crippen LogP contribution in [0.15, 0.2) is 15.9 Å². The number of aliphatic imine (C=N–C) groups is 1. The molecule has 2 aliphatic heterocycles. The number of ether oxygens (including phenoxy) is 3. The number of rotatable bonds is 7. The Morgan fingerprint density at radius 1 is 1.44 bits per heavy atom. The molecule has 0 radical (unpaired) electrons. The first-order valence-corrected chi connectivity index (χ1v) is 11.1. The molecule has 0 saturated heterocycles. The van der Waals surface area contributed by atoms with Crippen molar-refractivity contribution < 1.29 is 19.3 Å². The summed E-state index contributed by atoms with van der Waals surface area (Å²) in [6, 6.07) is 1.94. The Hall–Kier alpha value is -2.85. The van der Waals surface area contributed by atoms with Crippen LogP contribution in [0.5, 0.6) is 23.1 Å². The average Bonchev–Trinajstić information content (AvgIpc) is 3.24. The molecule has 2 aromatic rings. The Kier molecular flexibility index (Phi) is 6.52. The second kappa shape index (κ2) is 9.33. The van der Waals surface area contributed by atoms with Gasteiger partial charge in [-0.25, -0.2) is 0 Å². The van der Waals surface area contributed by atoms with E-state index in [1.165, 1.54) is 10.8 Å². The first-order chi connectivity index (χ1) is 15.5. The number of likely N-dealkylation sites (N-methyl/N-ethyl adjacent to an activating group) is 1. The van der Waals surface area contributed by atoms with Gasteiger partial charge in [0.05, 0.1) is 19.7 Å². The highest BCUT2D eigenvalue weighted by Gasteiger charge is 2.33. The molecule has 10 heteroatoms. The normalized spacial score (nSPS) is 17.7. The molecule has 3 heterocycles. The lowest BCUT2D eigenvalue weighted by atomic mass is 9.91. The number of hydrogen-bond donors (Lipinski definition) is 2. The zero-order valence-electron chi connectivity index (χ0n) is 18.5. The average molecular weight is 461 g/mol. The number of methoxy groups -OCH3 is 1. The first kappa shape index (κ1) is 22.3. The third-order valence-corrected chi connectivity index (χ3v) is 6.31. The molecule has 0 aliphatic carbocycles. The molecule has 1 aromatic carbocycles. The quantitative estimate of drug-likeness (QED) is 0.484. The molecule has 0 saturated carbocycles. The van der Waals surface area contributed by atoms with Crippen LogP contribution in [0.1, 0.15) is 42.5 Å². The summed E-state index contributed by atoms with van der Waals surface area (Å²) in [4.78, 5) is 21.8. The molecule has 1 atom stereocenters. The van der Waals surface area contributed by atoms with E-state index in [0.29, 0.717) is 30.3 Å². The highest BCUT2D eigenvalue weighted by molar-refractivity contribution is 7.71. The largest absolute Gasteiger partial charge is 0.494 e. The van der Waals surface area contributed by atoms with Crippen molar-refractivity contribution in [1.29, 1.82) is 0 Å². The van der Waals surface area contributed by atoms with Gasteiger partial charge in [-0.15, -0.1) is 0 Å². The number of aromatic amines is 1. The maximum Gasteiger partial charge on any atom is 0.264 e. The zero-order chi connectivity index (χ0) is 22.8. The van der Waals surface area contributed by atoms with Crippen molar-refractivity contribution in [3.63, 3.8) is 0 Å². The van der Waals surface area contributed by atoms with E-state index in [9.17, 15) is 9.90 Å². The smallest absolute Gasteiger partial charge is 0.264 e. The minimum Gasteiger partial charge on any atom is -0.494 e. The van der Waals surface area contributed by atoms with Gasteiger partial charge in [0.25, 0.3) is 5.56 Å². The van der Waals surface area contributed by atoms with Crippen LogP contribution in [0.3, 0.4) is 0 Å². The Labute approximate surface area is 191 Å². The molecule has 172 valence electrons. The summed E-state index contributed by atoms with van der Waals surface area (Å²) >= 11 is 5.20. The number of nitrogens with zero attached hydrogens (tertiary/aromatic N) is 3. The Balaban J connectivity index is 1.66. The summed E-state index contributed by atoms with van der Waals surface area (Å²) in [6.07, 6.45) is 4.06. The van der Waals surface area contributed by atoms with Gasteiger partial charge in [0, 0.05) is 24.9 Å². The number of hydrogen-bond acceptors (Lipinski definition) is 8. The highest BCUT2D eigenvalue weighted by atomic mass is 32.1. The SMILES string of the molecule is CCCCn1c(O)c(C=NC[C@@H]2c3c(cc4c(c3OC)OCO4)CCN2C)c(=O)[nH]c1=S. The van der Waals surface area contributed by atoms with Gasteiger partial charge in [-0.1, -0.05) is 13.3 Å². The number of aromatic hydroxyl groups is 1. The number of fused-ring (bicyclic) bond motifs is 2. The maximum absolute atomic E-state index is 12.4. The van der Waals surface area contributed by atoms with Crippen molar-refractivity contribution in [2.24, 2.45) is 4.99 Å². The van der Waals surface area contributed by atoms with Gasteiger partial charge in [0.15, 0.2) is 16.3 Å². The van der Waals surface area contributed by atoms with Gasteiger partial charge in [-0.3, -0.25) is 24.2 Å². The summed E-state index contributed by atoms with van der Waals surface area (Å²) in [7, 11) is 3.65. The van der Waals surface area contributed by atoms with Crippen LogP contribution in [-0.2, 0) is 13.0 Å². The van der Waals surface area contributed by atoms with Crippen LogP contribution in [0, 0.1) is 4.77 Å². The Morgan fingerprint density at radius 2 is 2.25 bits per heavy atom. The molecular formula is C22H28N4O5S. The number of unbranched alkanes of at least 4 members (excludes halogenated alkanes) is 1. The van der Waals surface area contributed by atoms with E-state index in [4.69, 9.17) is 26.4 Å². The summed E-state index contributed by atoms with van der Waals surface area (Å²) in [5.74, 6) is 1.82. The molecule has 4 rings (SSSR count). The second-order valence-electron chi connectivity index (χ2n) is 7.96. The molecule has 2 aliphatic rings. The lowest BCUT2D eigenvalue weighted by molar-refractivity contribution is 0.170. The predicted octanol–water partition coefficient (Wildman–Crippen LogP) is 2.80. The molecule has 0 amide bonds. The second-order valence-corrected chi connectivity index (χ2v) is 8.35. The van der Waals surface area contributed by atoms with E-state index in [1.807, 2.05) is 20.0 Å². The van der Waals surface area contributed by atoms with Crippen molar-refractivity contribution in [2.45, 2.75) is 38.8 Å². The number of aromatic nitrogens is 2. The van der Waals surface area contributed by atoms with E-state index in [1.54, 1.807) is 7.11 Å². The third kappa shape index (κ3) is 4.00. The van der Waals surface area contributed by atoms with Gasteiger partial charge < -0.3 is 19.3 Å². The molecular weight excluding hydrogens is 432 g/mol. The predicted molar refractivity (Wildman–Crippen MR) is 123 cm³/mol. The van der Waals surface area contributed by atoms with Crippen LogP contribution in [0.4, 0.5) is 0 Å². The van der Waals surface area contributed by atoms with Crippen LogP contribution in [-0.4, -0.2) is 59.8 Å². The number of H-pyrrole nitrogens is 1. The van der Waals surface area contributed by atoms with Crippen LogP contribution in [0.2, 0.25) is 0 Å². The third-order valence-electron chi connectivity index (χ3n) is 5.99. The topological polar surface area (TPSA) is 101 Å². The summed E-state index contributed by atoms with van der Waals surface area (Å²) in [5.41, 5.74) is 1.80. The van der Waals surface area contributed by atoms with Crippen molar-refractivity contribution in [3.05, 3.63) is 37.9 Å². The molecule has 0 spiro atoms.